The molecule has 0 saturated carbocycles. The summed E-state index contributed by atoms with van der Waals surface area (Å²) in [4.78, 5) is 38.8. The second-order valence-corrected chi connectivity index (χ2v) is 8.50. The number of halogens is 3. The zero-order chi connectivity index (χ0) is 22.8. The topological polar surface area (TPSA) is 78.5 Å². The predicted molar refractivity (Wildman–Crippen MR) is 129 cm³/mol. The minimum atomic E-state index is -0.632. The number of hydrogen-bond donors (Lipinski definition) is 2. The van der Waals surface area contributed by atoms with Crippen LogP contribution >= 0.6 is 39.1 Å². The molecule has 0 unspecified atom stereocenters. The van der Waals surface area contributed by atoms with Gasteiger partial charge in [-0.1, -0.05) is 39.1 Å². The predicted octanol–water partition coefficient (Wildman–Crippen LogP) is 5.79. The number of rotatable bonds is 5. The van der Waals surface area contributed by atoms with Crippen LogP contribution in [0, 0.1) is 0 Å². The Morgan fingerprint density at radius 1 is 0.781 bits per heavy atom. The monoisotopic (exact) mass is 529 g/mol. The summed E-state index contributed by atoms with van der Waals surface area (Å²) in [6.45, 7) is 0. The van der Waals surface area contributed by atoms with E-state index in [1.165, 1.54) is 0 Å². The lowest BCUT2D eigenvalue weighted by Gasteiger charge is -2.15. The molecule has 0 bridgehead atoms. The molecule has 0 aromatic heterocycles. The fourth-order valence-corrected chi connectivity index (χ4v) is 3.62. The Balaban J connectivity index is 1.47. The molecule has 32 heavy (non-hydrogen) atoms. The van der Waals surface area contributed by atoms with Crippen molar-refractivity contribution in [2.75, 3.05) is 15.5 Å². The summed E-state index contributed by atoms with van der Waals surface area (Å²) in [5.74, 6) is -1.50. The number of nitrogens with zero attached hydrogens (tertiary/aromatic N) is 1. The summed E-state index contributed by atoms with van der Waals surface area (Å²) >= 11 is 15.4. The molecule has 0 radical (unpaired) electrons. The fraction of sp³-hybridized carbons (Fsp3) is 0. The van der Waals surface area contributed by atoms with Gasteiger partial charge >= 0.3 is 0 Å². The second kappa shape index (κ2) is 9.16. The molecule has 4 rings (SSSR count). The first kappa shape index (κ1) is 22.1. The van der Waals surface area contributed by atoms with Crippen LogP contribution in [0.2, 0.25) is 5.02 Å². The van der Waals surface area contributed by atoms with Crippen molar-refractivity contribution >= 4 is 73.9 Å². The number of benzene rings is 3. The van der Waals surface area contributed by atoms with Crippen LogP contribution in [0.3, 0.4) is 0 Å². The van der Waals surface area contributed by atoms with Crippen molar-refractivity contribution in [1.82, 2.24) is 0 Å². The van der Waals surface area contributed by atoms with E-state index in [1.54, 1.807) is 60.7 Å². The van der Waals surface area contributed by atoms with Crippen molar-refractivity contribution in [3.05, 3.63) is 98.6 Å². The molecule has 0 spiro atoms. The molecule has 1 heterocycles. The van der Waals surface area contributed by atoms with E-state index < -0.39 is 11.8 Å². The van der Waals surface area contributed by atoms with Gasteiger partial charge in [0.25, 0.3) is 17.7 Å². The highest BCUT2D eigenvalue weighted by atomic mass is 79.9. The van der Waals surface area contributed by atoms with E-state index in [9.17, 15) is 14.4 Å². The average molecular weight is 531 g/mol. The Labute approximate surface area is 201 Å². The van der Waals surface area contributed by atoms with E-state index in [-0.39, 0.29) is 16.6 Å². The zero-order valence-electron chi connectivity index (χ0n) is 16.2. The van der Waals surface area contributed by atoms with E-state index in [1.807, 2.05) is 12.1 Å². The van der Waals surface area contributed by atoms with Crippen LogP contribution in [-0.4, -0.2) is 17.7 Å². The molecule has 3 aromatic carbocycles. The van der Waals surface area contributed by atoms with Gasteiger partial charge in [0.1, 0.15) is 10.7 Å². The van der Waals surface area contributed by atoms with Gasteiger partial charge in [0.05, 0.1) is 5.69 Å². The Hall–Kier alpha value is -3.13. The van der Waals surface area contributed by atoms with E-state index in [0.717, 1.165) is 9.37 Å². The molecule has 1 aliphatic rings. The van der Waals surface area contributed by atoms with E-state index in [0.29, 0.717) is 27.6 Å². The Kier molecular flexibility index (Phi) is 6.32. The minimum absolute atomic E-state index is 0.0429. The number of hydrogen-bond acceptors (Lipinski definition) is 4. The maximum Gasteiger partial charge on any atom is 0.283 e. The van der Waals surface area contributed by atoms with Gasteiger partial charge in [-0.3, -0.25) is 14.4 Å². The number of imide groups is 1. The van der Waals surface area contributed by atoms with Gasteiger partial charge < -0.3 is 10.6 Å². The van der Waals surface area contributed by atoms with Crippen molar-refractivity contribution in [1.29, 1.82) is 0 Å². The highest BCUT2D eigenvalue weighted by Crippen LogP contribution is 2.30. The molecular formula is C23H14BrCl2N3O3. The summed E-state index contributed by atoms with van der Waals surface area (Å²) < 4.78 is 0.911. The van der Waals surface area contributed by atoms with Crippen LogP contribution in [0.25, 0.3) is 0 Å². The molecule has 0 saturated heterocycles. The normalized spacial score (nSPS) is 13.5. The number of nitrogens with one attached hydrogen (secondary N) is 2. The van der Waals surface area contributed by atoms with Gasteiger partial charge in [-0.2, -0.15) is 0 Å². The molecular weight excluding hydrogens is 517 g/mol. The van der Waals surface area contributed by atoms with Gasteiger partial charge in [-0.25, -0.2) is 4.90 Å². The molecule has 3 aromatic rings. The average Bonchev–Trinajstić information content (AvgIpc) is 3.00. The molecule has 6 nitrogen and oxygen atoms in total. The largest absolute Gasteiger partial charge is 0.350 e. The molecule has 160 valence electrons. The van der Waals surface area contributed by atoms with Crippen LogP contribution < -0.4 is 15.5 Å². The van der Waals surface area contributed by atoms with Gasteiger partial charge in [-0.15, -0.1) is 0 Å². The summed E-state index contributed by atoms with van der Waals surface area (Å²) in [5, 5.41) is 5.94. The lowest BCUT2D eigenvalue weighted by atomic mass is 10.2. The van der Waals surface area contributed by atoms with Crippen molar-refractivity contribution in [2.24, 2.45) is 0 Å². The van der Waals surface area contributed by atoms with Gasteiger partial charge in [0.2, 0.25) is 0 Å². The summed E-state index contributed by atoms with van der Waals surface area (Å²) in [6, 6.07) is 19.9. The molecule has 9 heteroatoms. The maximum atomic E-state index is 12.8. The number of anilines is 3. The molecule has 2 N–H and O–H groups in total. The van der Waals surface area contributed by atoms with Crippen molar-refractivity contribution in [3.63, 3.8) is 0 Å². The van der Waals surface area contributed by atoms with Crippen LogP contribution in [0.5, 0.6) is 0 Å². The van der Waals surface area contributed by atoms with Crippen LogP contribution in [0.15, 0.2) is 88.0 Å². The summed E-state index contributed by atoms with van der Waals surface area (Å²) in [7, 11) is 0. The van der Waals surface area contributed by atoms with E-state index in [2.05, 4.69) is 26.6 Å². The minimum Gasteiger partial charge on any atom is -0.350 e. The Morgan fingerprint density at radius 3 is 2.00 bits per heavy atom. The molecule has 0 aliphatic carbocycles. The first-order valence-electron chi connectivity index (χ1n) is 9.31. The van der Waals surface area contributed by atoms with Crippen LogP contribution in [0.4, 0.5) is 17.1 Å². The van der Waals surface area contributed by atoms with Gasteiger partial charge in [0.15, 0.2) is 0 Å². The third-order valence-electron chi connectivity index (χ3n) is 4.63. The third kappa shape index (κ3) is 4.55. The first-order valence-corrected chi connectivity index (χ1v) is 10.9. The number of amides is 3. The third-order valence-corrected chi connectivity index (χ3v) is 5.76. The Morgan fingerprint density at radius 2 is 1.38 bits per heavy atom. The summed E-state index contributed by atoms with van der Waals surface area (Å²) in [5.41, 5.74) is 1.90. The SMILES string of the molecule is O=C(Nc1ccc(Br)cc1)c1ccc(NC2=C(Cl)C(=O)N(c3ccc(Cl)cc3)C2=O)cc1. The molecule has 0 atom stereocenters. The molecule has 0 fully saturated rings. The van der Waals surface area contributed by atoms with Crippen molar-refractivity contribution in [2.45, 2.75) is 0 Å². The highest BCUT2D eigenvalue weighted by molar-refractivity contribution is 9.10. The maximum absolute atomic E-state index is 12.8. The van der Waals surface area contributed by atoms with Crippen molar-refractivity contribution < 1.29 is 14.4 Å². The van der Waals surface area contributed by atoms with Crippen molar-refractivity contribution in [3.8, 4) is 0 Å². The zero-order valence-corrected chi connectivity index (χ0v) is 19.3. The number of carbonyl (C=O) groups excluding carboxylic acids is 3. The molecule has 1 aliphatic heterocycles. The smallest absolute Gasteiger partial charge is 0.283 e. The lowest BCUT2D eigenvalue weighted by Crippen LogP contribution is -2.32. The second-order valence-electron chi connectivity index (χ2n) is 6.77. The fourth-order valence-electron chi connectivity index (χ4n) is 3.02. The number of carbonyl (C=O) groups is 3. The highest BCUT2D eigenvalue weighted by Gasteiger charge is 2.38. The summed E-state index contributed by atoms with van der Waals surface area (Å²) in [6.07, 6.45) is 0. The Bertz CT molecular complexity index is 1240. The van der Waals surface area contributed by atoms with E-state index >= 15 is 0 Å². The van der Waals surface area contributed by atoms with Crippen LogP contribution in [-0.2, 0) is 9.59 Å². The first-order chi connectivity index (χ1) is 15.3. The quantitative estimate of drug-likeness (QED) is 0.409. The van der Waals surface area contributed by atoms with Gasteiger partial charge in [0, 0.05) is 26.4 Å². The van der Waals surface area contributed by atoms with E-state index in [4.69, 9.17) is 23.2 Å². The van der Waals surface area contributed by atoms with Gasteiger partial charge in [-0.05, 0) is 72.8 Å². The lowest BCUT2D eigenvalue weighted by molar-refractivity contribution is -0.120. The standard InChI is InChI=1S/C23H14BrCl2N3O3/c24-14-3-9-17(10-4-14)28-21(30)13-1-7-16(8-2-13)27-20-19(26)22(31)29(23(20)32)18-11-5-15(25)6-12-18/h1-12,27H,(H,28,30). The molecule has 3 amide bonds. The van der Waals surface area contributed by atoms with Crippen LogP contribution in [0.1, 0.15) is 10.4 Å².